The highest BCUT2D eigenvalue weighted by Gasteiger charge is 2.50. The molecule has 2 heterocycles. The normalized spacial score (nSPS) is 19.4. The average Bonchev–Trinajstić information content (AvgIpc) is 3.21. The number of carbonyl (C=O) groups is 4. The predicted octanol–water partition coefficient (Wildman–Crippen LogP) is 3.63. The van der Waals surface area contributed by atoms with Gasteiger partial charge in [-0.25, -0.2) is 4.79 Å². The molecule has 0 radical (unpaired) electrons. The van der Waals surface area contributed by atoms with Crippen LogP contribution in [0.4, 0.5) is 4.79 Å². The Morgan fingerprint density at radius 2 is 1.73 bits per heavy atom. The van der Waals surface area contributed by atoms with Gasteiger partial charge in [-0.2, -0.15) is 0 Å². The Hall–Kier alpha value is -2.22. The molecule has 1 aromatic heterocycles. The van der Waals surface area contributed by atoms with Crippen molar-refractivity contribution in [3.05, 3.63) is 21.9 Å². The third kappa shape index (κ3) is 4.91. The van der Waals surface area contributed by atoms with E-state index >= 15 is 0 Å². The molecule has 1 saturated heterocycles. The fraction of sp³-hybridized carbons (Fsp3) is 0.636. The lowest BCUT2D eigenvalue weighted by molar-refractivity contribution is -0.131. The molecular weight excluding hydrogens is 402 g/mol. The largest absolute Gasteiger partial charge is 0.351 e. The summed E-state index contributed by atoms with van der Waals surface area (Å²) in [6.07, 6.45) is 6.38. The number of Topliss-reactive ketones (excluding diaryl/α,β-unsaturated/α-hetero) is 1. The summed E-state index contributed by atoms with van der Waals surface area (Å²) in [5.41, 5.74) is -1.32. The summed E-state index contributed by atoms with van der Waals surface area (Å²) in [6, 6.07) is 3.02. The van der Waals surface area contributed by atoms with Crippen molar-refractivity contribution >= 4 is 35.0 Å². The molecule has 1 spiro atoms. The summed E-state index contributed by atoms with van der Waals surface area (Å²) in [6.45, 7) is 5.62. The SMILES string of the molecule is CC(C)(C)C(=O)NCc1ccc(C(=O)CN2C(=O)NC3(CCCCCCC3)C2=O)s1. The van der Waals surface area contributed by atoms with Gasteiger partial charge in [-0.15, -0.1) is 11.3 Å². The summed E-state index contributed by atoms with van der Waals surface area (Å²) in [4.78, 5) is 52.7. The number of imide groups is 1. The monoisotopic (exact) mass is 433 g/mol. The molecule has 7 nitrogen and oxygen atoms in total. The zero-order valence-electron chi connectivity index (χ0n) is 18.0. The van der Waals surface area contributed by atoms with Crippen LogP contribution in [0.5, 0.6) is 0 Å². The first kappa shape index (κ1) is 22.5. The van der Waals surface area contributed by atoms with E-state index in [2.05, 4.69) is 10.6 Å². The summed E-state index contributed by atoms with van der Waals surface area (Å²) in [5.74, 6) is -0.593. The summed E-state index contributed by atoms with van der Waals surface area (Å²) in [5, 5.41) is 5.75. The Kier molecular flexibility index (Phi) is 6.65. The van der Waals surface area contributed by atoms with Gasteiger partial charge in [0.15, 0.2) is 5.78 Å². The van der Waals surface area contributed by atoms with Gasteiger partial charge in [-0.05, 0) is 25.0 Å². The van der Waals surface area contributed by atoms with E-state index in [1.54, 1.807) is 12.1 Å². The molecule has 4 amide bonds. The lowest BCUT2D eigenvalue weighted by atomic mass is 9.84. The van der Waals surface area contributed by atoms with Crippen molar-refractivity contribution in [2.45, 2.75) is 77.8 Å². The van der Waals surface area contributed by atoms with Crippen molar-refractivity contribution in [3.8, 4) is 0 Å². The average molecular weight is 434 g/mol. The molecular formula is C22H31N3O4S. The highest BCUT2D eigenvalue weighted by Crippen LogP contribution is 2.32. The van der Waals surface area contributed by atoms with Crippen LogP contribution >= 0.6 is 11.3 Å². The molecule has 30 heavy (non-hydrogen) atoms. The van der Waals surface area contributed by atoms with Crippen molar-refractivity contribution in [2.24, 2.45) is 5.41 Å². The van der Waals surface area contributed by atoms with E-state index in [9.17, 15) is 19.2 Å². The first-order chi connectivity index (χ1) is 14.1. The maximum atomic E-state index is 13.0. The maximum Gasteiger partial charge on any atom is 0.325 e. The summed E-state index contributed by atoms with van der Waals surface area (Å²) in [7, 11) is 0. The Balaban J connectivity index is 1.62. The number of amides is 4. The zero-order chi connectivity index (χ0) is 21.9. The topological polar surface area (TPSA) is 95.6 Å². The fourth-order valence-corrected chi connectivity index (χ4v) is 4.82. The van der Waals surface area contributed by atoms with Crippen LogP contribution in [0.1, 0.15) is 80.3 Å². The minimum absolute atomic E-state index is 0.0624. The van der Waals surface area contributed by atoms with Gasteiger partial charge < -0.3 is 10.6 Å². The molecule has 0 aromatic carbocycles. The number of hydrogen-bond donors (Lipinski definition) is 2. The van der Waals surface area contributed by atoms with Crippen LogP contribution in [0.2, 0.25) is 0 Å². The van der Waals surface area contributed by atoms with Gasteiger partial charge in [-0.1, -0.05) is 52.9 Å². The van der Waals surface area contributed by atoms with Crippen LogP contribution in [0.25, 0.3) is 0 Å². The van der Waals surface area contributed by atoms with E-state index < -0.39 is 17.0 Å². The van der Waals surface area contributed by atoms with Gasteiger partial charge in [0, 0.05) is 10.3 Å². The molecule has 2 N–H and O–H groups in total. The lowest BCUT2D eigenvalue weighted by Gasteiger charge is -2.28. The number of hydrogen-bond acceptors (Lipinski definition) is 5. The van der Waals surface area contributed by atoms with Gasteiger partial charge in [0.05, 0.1) is 18.0 Å². The van der Waals surface area contributed by atoms with Crippen LogP contribution in [0, 0.1) is 5.41 Å². The molecule has 2 aliphatic rings. The van der Waals surface area contributed by atoms with Crippen LogP contribution in [-0.4, -0.2) is 40.6 Å². The van der Waals surface area contributed by atoms with Crippen LogP contribution in [0.15, 0.2) is 12.1 Å². The van der Waals surface area contributed by atoms with Crippen molar-refractivity contribution in [1.82, 2.24) is 15.5 Å². The third-order valence-electron chi connectivity index (χ3n) is 5.80. The molecule has 0 bridgehead atoms. The Labute approximate surface area is 181 Å². The molecule has 1 aromatic rings. The van der Waals surface area contributed by atoms with Crippen molar-refractivity contribution in [3.63, 3.8) is 0 Å². The number of nitrogens with zero attached hydrogens (tertiary/aromatic N) is 1. The van der Waals surface area contributed by atoms with Gasteiger partial charge in [0.25, 0.3) is 5.91 Å². The summed E-state index contributed by atoms with van der Waals surface area (Å²) < 4.78 is 0. The van der Waals surface area contributed by atoms with E-state index in [1.165, 1.54) is 11.3 Å². The van der Waals surface area contributed by atoms with Gasteiger partial charge in [0.2, 0.25) is 5.91 Å². The van der Waals surface area contributed by atoms with Gasteiger partial charge in [-0.3, -0.25) is 19.3 Å². The van der Waals surface area contributed by atoms with E-state index in [-0.39, 0.29) is 24.1 Å². The highest BCUT2D eigenvalue weighted by atomic mass is 32.1. The predicted molar refractivity (Wildman–Crippen MR) is 115 cm³/mol. The van der Waals surface area contributed by atoms with Crippen LogP contribution < -0.4 is 10.6 Å². The standard InChI is InChI=1S/C22H31N3O4S/c1-21(2,3)18(27)23-13-15-9-10-17(30-15)16(26)14-25-19(28)22(24-20(25)29)11-7-5-4-6-8-12-22/h9-10H,4-8,11-14H2,1-3H3,(H,23,27)(H,24,29). The van der Waals surface area contributed by atoms with E-state index in [0.717, 1.165) is 41.9 Å². The number of urea groups is 1. The number of thiophene rings is 1. The zero-order valence-corrected chi connectivity index (χ0v) is 18.8. The molecule has 1 aliphatic carbocycles. The smallest absolute Gasteiger partial charge is 0.325 e. The Morgan fingerprint density at radius 3 is 2.37 bits per heavy atom. The third-order valence-corrected chi connectivity index (χ3v) is 6.92. The number of nitrogens with one attached hydrogen (secondary N) is 2. The molecule has 0 unspecified atom stereocenters. The quantitative estimate of drug-likeness (QED) is 0.547. The Morgan fingerprint density at radius 1 is 1.10 bits per heavy atom. The number of rotatable bonds is 5. The second-order valence-electron chi connectivity index (χ2n) is 9.29. The highest BCUT2D eigenvalue weighted by molar-refractivity contribution is 7.14. The van der Waals surface area contributed by atoms with Crippen molar-refractivity contribution < 1.29 is 19.2 Å². The minimum atomic E-state index is -0.838. The summed E-state index contributed by atoms with van der Waals surface area (Å²) >= 11 is 1.28. The van der Waals surface area contributed by atoms with E-state index in [1.807, 2.05) is 20.8 Å². The van der Waals surface area contributed by atoms with E-state index in [4.69, 9.17) is 0 Å². The molecule has 2 fully saturated rings. The first-order valence-electron chi connectivity index (χ1n) is 10.7. The minimum Gasteiger partial charge on any atom is -0.351 e. The molecule has 8 heteroatoms. The second-order valence-corrected chi connectivity index (χ2v) is 10.5. The maximum absolute atomic E-state index is 13.0. The lowest BCUT2D eigenvalue weighted by Crippen LogP contribution is -2.47. The molecule has 164 valence electrons. The molecule has 0 atom stereocenters. The van der Waals surface area contributed by atoms with Crippen molar-refractivity contribution in [1.29, 1.82) is 0 Å². The fourth-order valence-electron chi connectivity index (χ4n) is 3.94. The van der Waals surface area contributed by atoms with Crippen molar-refractivity contribution in [2.75, 3.05) is 6.54 Å². The number of carbonyl (C=O) groups excluding carboxylic acids is 4. The number of ketones is 1. The Bertz CT molecular complexity index is 832. The van der Waals surface area contributed by atoms with Crippen LogP contribution in [0.3, 0.4) is 0 Å². The first-order valence-corrected chi connectivity index (χ1v) is 11.5. The second kappa shape index (κ2) is 8.88. The van der Waals surface area contributed by atoms with E-state index in [0.29, 0.717) is 24.3 Å². The van der Waals surface area contributed by atoms with Gasteiger partial charge >= 0.3 is 6.03 Å². The molecule has 1 saturated carbocycles. The molecule has 3 rings (SSSR count). The molecule has 1 aliphatic heterocycles. The van der Waals surface area contributed by atoms with Crippen LogP contribution in [-0.2, 0) is 16.1 Å². The van der Waals surface area contributed by atoms with Gasteiger partial charge in [0.1, 0.15) is 5.54 Å².